The third-order valence-electron chi connectivity index (χ3n) is 4.40. The molecule has 1 heterocycles. The number of carbonyl (C=O) groups excluding carboxylic acids is 1. The third kappa shape index (κ3) is 4.90. The number of nitrogens with one attached hydrogen (secondary N) is 1. The molecule has 25 heavy (non-hydrogen) atoms. The summed E-state index contributed by atoms with van der Waals surface area (Å²) in [5, 5.41) is 2.97. The summed E-state index contributed by atoms with van der Waals surface area (Å²) in [5.74, 6) is 0.996. The van der Waals surface area contributed by atoms with Crippen LogP contribution in [0.25, 0.3) is 0 Å². The minimum atomic E-state index is 0. The van der Waals surface area contributed by atoms with Gasteiger partial charge in [0.25, 0.3) is 0 Å². The van der Waals surface area contributed by atoms with Crippen molar-refractivity contribution in [2.45, 2.75) is 26.2 Å². The summed E-state index contributed by atoms with van der Waals surface area (Å²) < 4.78 is 5.60. The van der Waals surface area contributed by atoms with E-state index in [-0.39, 0.29) is 24.2 Å². The number of aromatic nitrogens is 2. The number of halogens is 1. The zero-order valence-corrected chi connectivity index (χ0v) is 15.0. The predicted molar refractivity (Wildman–Crippen MR) is 99.0 cm³/mol. The van der Waals surface area contributed by atoms with Gasteiger partial charge in [-0.1, -0.05) is 6.42 Å². The first-order valence-electron chi connectivity index (χ1n) is 8.24. The topological polar surface area (TPSA) is 90.1 Å². The Morgan fingerprint density at radius 2 is 2.04 bits per heavy atom. The molecule has 0 aliphatic heterocycles. The minimum absolute atomic E-state index is 0. The fourth-order valence-electron chi connectivity index (χ4n) is 3.09. The maximum atomic E-state index is 12.4. The Bertz CT molecular complexity index is 708. The zero-order chi connectivity index (χ0) is 16.9. The molecule has 1 aromatic carbocycles. The molecule has 3 N–H and O–H groups in total. The average molecular weight is 363 g/mol. The van der Waals surface area contributed by atoms with Crippen molar-refractivity contribution in [1.29, 1.82) is 0 Å². The van der Waals surface area contributed by atoms with E-state index in [1.54, 1.807) is 18.3 Å². The number of hydrogen-bond acceptors (Lipinski definition) is 5. The van der Waals surface area contributed by atoms with Crippen LogP contribution in [0.1, 0.15) is 25.0 Å². The summed E-state index contributed by atoms with van der Waals surface area (Å²) in [6, 6.07) is 9.32. The molecule has 1 saturated carbocycles. The van der Waals surface area contributed by atoms with Crippen LogP contribution >= 0.6 is 12.4 Å². The Morgan fingerprint density at radius 1 is 1.28 bits per heavy atom. The molecule has 2 atom stereocenters. The van der Waals surface area contributed by atoms with Gasteiger partial charge in [0, 0.05) is 23.5 Å². The van der Waals surface area contributed by atoms with Crippen LogP contribution in [-0.2, 0) is 4.79 Å². The maximum absolute atomic E-state index is 12.4. The number of benzene rings is 1. The summed E-state index contributed by atoms with van der Waals surface area (Å²) in [5.41, 5.74) is 7.34. The van der Waals surface area contributed by atoms with Crippen LogP contribution < -0.4 is 15.8 Å². The zero-order valence-electron chi connectivity index (χ0n) is 14.1. The van der Waals surface area contributed by atoms with Gasteiger partial charge >= 0.3 is 6.01 Å². The van der Waals surface area contributed by atoms with Crippen LogP contribution in [0.5, 0.6) is 11.8 Å². The van der Waals surface area contributed by atoms with Gasteiger partial charge in [-0.15, -0.1) is 12.4 Å². The van der Waals surface area contributed by atoms with Gasteiger partial charge in [-0.2, -0.15) is 0 Å². The van der Waals surface area contributed by atoms with Crippen LogP contribution in [0.2, 0.25) is 0 Å². The van der Waals surface area contributed by atoms with Crippen molar-refractivity contribution in [3.05, 3.63) is 42.2 Å². The predicted octanol–water partition coefficient (Wildman–Crippen LogP) is 3.31. The molecule has 0 unspecified atom stereocenters. The summed E-state index contributed by atoms with van der Waals surface area (Å²) in [7, 11) is 0. The number of nitrogens with zero attached hydrogens (tertiary/aromatic N) is 2. The minimum Gasteiger partial charge on any atom is -0.424 e. The van der Waals surface area contributed by atoms with Crippen LogP contribution in [0.3, 0.4) is 0 Å². The van der Waals surface area contributed by atoms with E-state index in [2.05, 4.69) is 15.3 Å². The molecular weight excluding hydrogens is 340 g/mol. The maximum Gasteiger partial charge on any atom is 0.322 e. The van der Waals surface area contributed by atoms with Gasteiger partial charge in [0.2, 0.25) is 5.91 Å². The van der Waals surface area contributed by atoms with Crippen LogP contribution in [0.4, 0.5) is 5.69 Å². The summed E-state index contributed by atoms with van der Waals surface area (Å²) in [6.07, 6.45) is 4.68. The van der Waals surface area contributed by atoms with Crippen LogP contribution in [0, 0.1) is 18.8 Å². The number of aryl methyl sites for hydroxylation is 1. The average Bonchev–Trinajstić information content (AvgIpc) is 3.05. The second-order valence-electron chi connectivity index (χ2n) is 6.13. The number of anilines is 1. The van der Waals surface area contributed by atoms with Gasteiger partial charge in [-0.05, 0) is 62.6 Å². The van der Waals surface area contributed by atoms with E-state index in [9.17, 15) is 4.79 Å². The van der Waals surface area contributed by atoms with Crippen molar-refractivity contribution in [3.63, 3.8) is 0 Å². The molecule has 6 nitrogen and oxygen atoms in total. The number of amides is 1. The van der Waals surface area contributed by atoms with E-state index < -0.39 is 0 Å². The van der Waals surface area contributed by atoms with Gasteiger partial charge in [-0.3, -0.25) is 4.79 Å². The Balaban J connectivity index is 0.00000225. The standard InChI is InChI=1S/C18H22N4O2.ClH/c1-12-9-10-20-18(21-12)24-15-7-5-14(6-8-15)22-17(23)16-4-2-3-13(16)11-19;/h5-10,13,16H,2-4,11,19H2,1H3,(H,22,23);1H/t13-,16-;/m1./s1. The third-order valence-corrected chi connectivity index (χ3v) is 4.40. The van der Waals surface area contributed by atoms with E-state index in [0.717, 1.165) is 30.6 Å². The number of nitrogens with two attached hydrogens (primary N) is 1. The number of ether oxygens (including phenoxy) is 1. The van der Waals surface area contributed by atoms with Crippen molar-refractivity contribution >= 4 is 24.0 Å². The SMILES string of the molecule is Cc1ccnc(Oc2ccc(NC(=O)[C@@H]3CCC[C@@H]3CN)cc2)n1.Cl. The first-order chi connectivity index (χ1) is 11.7. The van der Waals surface area contributed by atoms with Crippen LogP contribution in [0.15, 0.2) is 36.5 Å². The molecule has 1 aliphatic rings. The van der Waals surface area contributed by atoms with Crippen molar-refractivity contribution in [1.82, 2.24) is 9.97 Å². The van der Waals surface area contributed by atoms with Crippen molar-refractivity contribution in [2.75, 3.05) is 11.9 Å². The highest BCUT2D eigenvalue weighted by Crippen LogP contribution is 2.32. The molecule has 0 bridgehead atoms. The van der Waals surface area contributed by atoms with Crippen molar-refractivity contribution in [3.8, 4) is 11.8 Å². The normalized spacial score (nSPS) is 19.1. The molecule has 1 aliphatic carbocycles. The largest absolute Gasteiger partial charge is 0.424 e. The van der Waals surface area contributed by atoms with E-state index >= 15 is 0 Å². The fraction of sp³-hybridized carbons (Fsp3) is 0.389. The van der Waals surface area contributed by atoms with Crippen LogP contribution in [-0.4, -0.2) is 22.4 Å². The summed E-state index contributed by atoms with van der Waals surface area (Å²) >= 11 is 0. The first-order valence-corrected chi connectivity index (χ1v) is 8.24. The Hall–Kier alpha value is -2.18. The lowest BCUT2D eigenvalue weighted by molar-refractivity contribution is -0.120. The lowest BCUT2D eigenvalue weighted by Crippen LogP contribution is -2.29. The molecule has 1 amide bonds. The Morgan fingerprint density at radius 3 is 2.72 bits per heavy atom. The highest BCUT2D eigenvalue weighted by molar-refractivity contribution is 5.93. The molecule has 134 valence electrons. The number of hydrogen-bond donors (Lipinski definition) is 2. The lowest BCUT2D eigenvalue weighted by atomic mass is 9.95. The molecule has 1 fully saturated rings. The lowest BCUT2D eigenvalue weighted by Gasteiger charge is -2.17. The molecule has 0 saturated heterocycles. The Kier molecular flexibility index (Phi) is 6.73. The molecule has 0 radical (unpaired) electrons. The second-order valence-corrected chi connectivity index (χ2v) is 6.13. The monoisotopic (exact) mass is 362 g/mol. The van der Waals surface area contributed by atoms with Gasteiger partial charge in [0.1, 0.15) is 5.75 Å². The van der Waals surface area contributed by atoms with Gasteiger partial charge in [0.05, 0.1) is 0 Å². The molecule has 1 aromatic heterocycles. The molecule has 3 rings (SSSR count). The number of carbonyl (C=O) groups is 1. The van der Waals surface area contributed by atoms with E-state index in [1.807, 2.05) is 25.1 Å². The van der Waals surface area contributed by atoms with E-state index in [4.69, 9.17) is 10.5 Å². The van der Waals surface area contributed by atoms with Crippen molar-refractivity contribution in [2.24, 2.45) is 17.6 Å². The molecule has 0 spiro atoms. The smallest absolute Gasteiger partial charge is 0.322 e. The number of rotatable bonds is 5. The first kappa shape index (κ1) is 19.1. The van der Waals surface area contributed by atoms with Gasteiger partial charge in [-0.25, -0.2) is 9.97 Å². The fourth-order valence-corrected chi connectivity index (χ4v) is 3.09. The van der Waals surface area contributed by atoms with E-state index in [1.165, 1.54) is 0 Å². The summed E-state index contributed by atoms with van der Waals surface area (Å²) in [6.45, 7) is 2.45. The quantitative estimate of drug-likeness (QED) is 0.851. The second kappa shape index (κ2) is 8.78. The molecule has 7 heteroatoms. The van der Waals surface area contributed by atoms with Crippen molar-refractivity contribution < 1.29 is 9.53 Å². The van der Waals surface area contributed by atoms with Gasteiger partial charge in [0.15, 0.2) is 0 Å². The molecule has 2 aromatic rings. The highest BCUT2D eigenvalue weighted by atomic mass is 35.5. The van der Waals surface area contributed by atoms with Gasteiger partial charge < -0.3 is 15.8 Å². The molecular formula is C18H23ClN4O2. The highest BCUT2D eigenvalue weighted by Gasteiger charge is 2.31. The Labute approximate surface area is 153 Å². The van der Waals surface area contributed by atoms with E-state index in [0.29, 0.717) is 24.2 Å². The summed E-state index contributed by atoms with van der Waals surface area (Å²) in [4.78, 5) is 20.6.